The Bertz CT molecular complexity index is 1020. The van der Waals surface area contributed by atoms with Crippen LogP contribution in [0.15, 0.2) is 23.1 Å². The molecule has 5 rings (SSSR count). The molecule has 0 spiro atoms. The molecule has 3 aliphatic heterocycles. The monoisotopic (exact) mass is 425 g/mol. The van der Waals surface area contributed by atoms with E-state index in [-0.39, 0.29) is 11.5 Å². The van der Waals surface area contributed by atoms with Gasteiger partial charge in [-0.25, -0.2) is 0 Å². The zero-order valence-electron chi connectivity index (χ0n) is 18.4. The summed E-state index contributed by atoms with van der Waals surface area (Å²) in [6.45, 7) is 8.99. The van der Waals surface area contributed by atoms with Gasteiger partial charge in [-0.3, -0.25) is 24.1 Å². The lowest BCUT2D eigenvalue weighted by atomic mass is 9.83. The standard InChI is InChI=1S/C22H31N7O2/c1-16(30)28-7-5-26(6-8-28)12-18-3-4-21-19-9-17(11-29(21)22(18)31)10-27(13-19)15-20-14-25(2)24-23-20/h3-4,14,17,19H,5-13,15H2,1-2H3/t17-,19+/m0/s1. The molecule has 31 heavy (non-hydrogen) atoms. The number of nitrogens with zero attached hydrogens (tertiary/aromatic N) is 7. The number of hydrogen-bond donors (Lipinski definition) is 0. The van der Waals surface area contributed by atoms with E-state index in [4.69, 9.17) is 0 Å². The van der Waals surface area contributed by atoms with Crippen LogP contribution in [0.5, 0.6) is 0 Å². The molecule has 2 fully saturated rings. The smallest absolute Gasteiger partial charge is 0.255 e. The molecule has 0 saturated carbocycles. The number of amides is 1. The Morgan fingerprint density at radius 3 is 2.58 bits per heavy atom. The first-order valence-corrected chi connectivity index (χ1v) is 11.2. The normalized spacial score (nSPS) is 24.3. The second-order valence-corrected chi connectivity index (χ2v) is 9.36. The molecule has 2 atom stereocenters. The first-order valence-electron chi connectivity index (χ1n) is 11.2. The number of aromatic nitrogens is 4. The molecule has 0 aliphatic carbocycles. The van der Waals surface area contributed by atoms with Gasteiger partial charge in [0.1, 0.15) is 0 Å². The van der Waals surface area contributed by atoms with Crippen molar-refractivity contribution >= 4 is 5.91 Å². The minimum absolute atomic E-state index is 0.133. The predicted octanol–water partition coefficient (Wildman–Crippen LogP) is 0.260. The molecule has 1 amide bonds. The van der Waals surface area contributed by atoms with E-state index in [1.165, 1.54) is 5.69 Å². The van der Waals surface area contributed by atoms with Crippen molar-refractivity contribution in [2.24, 2.45) is 13.0 Å². The van der Waals surface area contributed by atoms with Gasteiger partial charge in [0, 0.05) is 96.2 Å². The number of fused-ring (bicyclic) bond motifs is 4. The summed E-state index contributed by atoms with van der Waals surface area (Å²) >= 11 is 0. The first kappa shape index (κ1) is 20.4. The number of carbonyl (C=O) groups excluding carboxylic acids is 1. The lowest BCUT2D eigenvalue weighted by Gasteiger charge is -2.42. The molecule has 0 radical (unpaired) electrons. The van der Waals surface area contributed by atoms with E-state index in [1.54, 1.807) is 11.6 Å². The fourth-order valence-electron chi connectivity index (χ4n) is 5.50. The largest absolute Gasteiger partial charge is 0.340 e. The molecule has 0 unspecified atom stereocenters. The van der Waals surface area contributed by atoms with Crippen LogP contribution in [-0.2, 0) is 31.5 Å². The van der Waals surface area contributed by atoms with E-state index in [9.17, 15) is 9.59 Å². The quantitative estimate of drug-likeness (QED) is 0.699. The molecule has 9 heteroatoms. The van der Waals surface area contributed by atoms with Gasteiger partial charge in [0.25, 0.3) is 5.56 Å². The highest BCUT2D eigenvalue weighted by atomic mass is 16.2. The Morgan fingerprint density at radius 1 is 1.06 bits per heavy atom. The molecule has 5 heterocycles. The summed E-state index contributed by atoms with van der Waals surface area (Å²) in [5.41, 5.74) is 3.22. The van der Waals surface area contributed by atoms with Crippen LogP contribution in [0.25, 0.3) is 0 Å². The summed E-state index contributed by atoms with van der Waals surface area (Å²) in [6.07, 6.45) is 3.13. The lowest BCUT2D eigenvalue weighted by molar-refractivity contribution is -0.130. The number of hydrogen-bond acceptors (Lipinski definition) is 6. The van der Waals surface area contributed by atoms with Crippen LogP contribution in [0.3, 0.4) is 0 Å². The summed E-state index contributed by atoms with van der Waals surface area (Å²) in [5, 5.41) is 8.28. The molecule has 3 aliphatic rings. The first-order chi connectivity index (χ1) is 15.0. The Labute approximate surface area is 182 Å². The molecule has 0 aromatic carbocycles. The van der Waals surface area contributed by atoms with Crippen molar-refractivity contribution in [2.75, 3.05) is 39.3 Å². The minimum Gasteiger partial charge on any atom is -0.340 e. The van der Waals surface area contributed by atoms with Gasteiger partial charge in [0.2, 0.25) is 5.91 Å². The van der Waals surface area contributed by atoms with Crippen LogP contribution in [0.2, 0.25) is 0 Å². The fourth-order valence-corrected chi connectivity index (χ4v) is 5.50. The van der Waals surface area contributed by atoms with Gasteiger partial charge >= 0.3 is 0 Å². The van der Waals surface area contributed by atoms with Gasteiger partial charge in [-0.2, -0.15) is 0 Å². The van der Waals surface area contributed by atoms with Crippen molar-refractivity contribution in [1.29, 1.82) is 0 Å². The molecule has 166 valence electrons. The number of likely N-dealkylation sites (tertiary alicyclic amines) is 1. The Balaban J connectivity index is 1.28. The highest BCUT2D eigenvalue weighted by Crippen LogP contribution is 2.35. The zero-order valence-corrected chi connectivity index (χ0v) is 18.4. The summed E-state index contributed by atoms with van der Waals surface area (Å²) in [6, 6.07) is 4.21. The fraction of sp³-hybridized carbons (Fsp3) is 0.636. The Hall–Kier alpha value is -2.52. The average molecular weight is 426 g/mol. The van der Waals surface area contributed by atoms with E-state index < -0.39 is 0 Å². The van der Waals surface area contributed by atoms with Gasteiger partial charge in [0.15, 0.2) is 0 Å². The average Bonchev–Trinajstić information content (AvgIpc) is 3.15. The number of pyridine rings is 1. The predicted molar refractivity (Wildman–Crippen MR) is 115 cm³/mol. The third-order valence-electron chi connectivity index (χ3n) is 7.01. The third kappa shape index (κ3) is 4.16. The van der Waals surface area contributed by atoms with E-state index in [0.717, 1.165) is 70.0 Å². The maximum Gasteiger partial charge on any atom is 0.255 e. The van der Waals surface area contributed by atoms with Crippen molar-refractivity contribution in [3.8, 4) is 0 Å². The van der Waals surface area contributed by atoms with Gasteiger partial charge in [-0.05, 0) is 18.4 Å². The van der Waals surface area contributed by atoms with E-state index >= 15 is 0 Å². The highest BCUT2D eigenvalue weighted by Gasteiger charge is 2.35. The van der Waals surface area contributed by atoms with Crippen LogP contribution in [0.1, 0.15) is 36.2 Å². The molecular weight excluding hydrogens is 394 g/mol. The summed E-state index contributed by atoms with van der Waals surface area (Å²) in [4.78, 5) is 31.5. The van der Waals surface area contributed by atoms with Crippen molar-refractivity contribution in [1.82, 2.24) is 34.3 Å². The molecule has 2 aromatic heterocycles. The maximum atomic E-state index is 13.3. The van der Waals surface area contributed by atoms with Gasteiger partial charge < -0.3 is 9.47 Å². The lowest BCUT2D eigenvalue weighted by Crippen LogP contribution is -2.49. The van der Waals surface area contributed by atoms with Crippen molar-refractivity contribution in [3.63, 3.8) is 0 Å². The van der Waals surface area contributed by atoms with Gasteiger partial charge in [-0.15, -0.1) is 5.10 Å². The second-order valence-electron chi connectivity index (χ2n) is 9.36. The molecule has 2 bridgehead atoms. The summed E-state index contributed by atoms with van der Waals surface area (Å²) in [7, 11) is 1.89. The molecule has 0 N–H and O–H groups in total. The van der Waals surface area contributed by atoms with Crippen molar-refractivity contribution in [2.45, 2.75) is 38.9 Å². The van der Waals surface area contributed by atoms with Crippen molar-refractivity contribution < 1.29 is 4.79 Å². The van der Waals surface area contributed by atoms with Gasteiger partial charge in [0.05, 0.1) is 5.69 Å². The van der Waals surface area contributed by atoms with Crippen LogP contribution in [0.4, 0.5) is 0 Å². The maximum absolute atomic E-state index is 13.3. The van der Waals surface area contributed by atoms with E-state index in [1.807, 2.05) is 28.8 Å². The number of rotatable bonds is 4. The number of piperidine rings is 1. The van der Waals surface area contributed by atoms with E-state index in [2.05, 4.69) is 26.2 Å². The number of aryl methyl sites for hydroxylation is 1. The third-order valence-corrected chi connectivity index (χ3v) is 7.01. The Morgan fingerprint density at radius 2 is 1.87 bits per heavy atom. The van der Waals surface area contributed by atoms with Crippen LogP contribution in [-0.4, -0.2) is 79.4 Å². The Kier molecular flexibility index (Phi) is 5.39. The van der Waals surface area contributed by atoms with E-state index in [0.29, 0.717) is 18.4 Å². The van der Waals surface area contributed by atoms with Crippen LogP contribution in [0, 0.1) is 5.92 Å². The number of piperazine rings is 1. The summed E-state index contributed by atoms with van der Waals surface area (Å²) in [5.74, 6) is 1.02. The van der Waals surface area contributed by atoms with Gasteiger partial charge in [-0.1, -0.05) is 11.3 Å². The topological polar surface area (TPSA) is 79.5 Å². The van der Waals surface area contributed by atoms with Crippen LogP contribution >= 0.6 is 0 Å². The zero-order chi connectivity index (χ0) is 21.5. The van der Waals surface area contributed by atoms with Crippen LogP contribution < -0.4 is 5.56 Å². The molecule has 2 aromatic rings. The molecule has 2 saturated heterocycles. The highest BCUT2D eigenvalue weighted by molar-refractivity contribution is 5.73. The SMILES string of the molecule is CC(=O)N1CCN(Cc2ccc3n(c2=O)C[C@H]2C[C@@H]3CN(Cc3cn(C)nn3)C2)CC1. The molecule has 9 nitrogen and oxygen atoms in total. The molecular formula is C22H31N7O2. The minimum atomic E-state index is 0.133. The second kappa shape index (κ2) is 8.20. The number of carbonyl (C=O) groups is 1. The van der Waals surface area contributed by atoms with Crippen molar-refractivity contribution in [3.05, 3.63) is 45.6 Å². The summed E-state index contributed by atoms with van der Waals surface area (Å²) < 4.78 is 3.79.